The standard InChI is InChI=1S/C22H33N3O4S/c1-17-7-5-6-10-20(17)24-21(26)11-14-23-22(27)18-12-15-25(16-13-18)30(28,29)19-8-3-2-4-9-19/h2-4,8-9,17-18,20H,5-7,10-16H2,1H3,(H,23,27)(H,24,26)/t17-,20+/m0/s1. The van der Waals surface area contributed by atoms with Crippen LogP contribution in [0.25, 0.3) is 0 Å². The molecule has 2 amide bonds. The van der Waals surface area contributed by atoms with E-state index in [2.05, 4.69) is 17.6 Å². The zero-order valence-corrected chi connectivity index (χ0v) is 18.5. The highest BCUT2D eigenvalue weighted by molar-refractivity contribution is 7.89. The van der Waals surface area contributed by atoms with Gasteiger partial charge in [-0.2, -0.15) is 4.31 Å². The van der Waals surface area contributed by atoms with Gasteiger partial charge in [-0.3, -0.25) is 9.59 Å². The SMILES string of the molecule is C[C@H]1CCCC[C@H]1NC(=O)CCNC(=O)C1CCN(S(=O)(=O)c2ccccc2)CC1. The summed E-state index contributed by atoms with van der Waals surface area (Å²) < 4.78 is 26.8. The smallest absolute Gasteiger partial charge is 0.243 e. The highest BCUT2D eigenvalue weighted by atomic mass is 32.2. The predicted molar refractivity (Wildman–Crippen MR) is 115 cm³/mol. The third-order valence-corrected chi connectivity index (χ3v) is 8.23. The van der Waals surface area contributed by atoms with E-state index in [0.717, 1.165) is 19.3 Å². The molecule has 0 unspecified atom stereocenters. The molecule has 2 atom stereocenters. The average molecular weight is 436 g/mol. The zero-order valence-electron chi connectivity index (χ0n) is 17.7. The second-order valence-corrected chi connectivity index (χ2v) is 10.4. The molecule has 2 fully saturated rings. The quantitative estimate of drug-likeness (QED) is 0.687. The largest absolute Gasteiger partial charge is 0.355 e. The molecule has 2 aliphatic rings. The molecule has 1 heterocycles. The number of amides is 2. The number of hydrogen-bond acceptors (Lipinski definition) is 4. The van der Waals surface area contributed by atoms with Gasteiger partial charge in [-0.05, 0) is 43.7 Å². The van der Waals surface area contributed by atoms with E-state index >= 15 is 0 Å². The Balaban J connectivity index is 1.39. The fourth-order valence-electron chi connectivity index (χ4n) is 4.35. The van der Waals surface area contributed by atoms with E-state index < -0.39 is 10.0 Å². The van der Waals surface area contributed by atoms with Crippen LogP contribution in [0.4, 0.5) is 0 Å². The molecule has 7 nitrogen and oxygen atoms in total. The van der Waals surface area contributed by atoms with Crippen LogP contribution >= 0.6 is 0 Å². The number of nitrogens with zero attached hydrogens (tertiary/aromatic N) is 1. The van der Waals surface area contributed by atoms with Crippen molar-refractivity contribution < 1.29 is 18.0 Å². The van der Waals surface area contributed by atoms with Crippen molar-refractivity contribution in [3.8, 4) is 0 Å². The minimum Gasteiger partial charge on any atom is -0.355 e. The Kier molecular flexibility index (Phi) is 7.88. The topological polar surface area (TPSA) is 95.6 Å². The van der Waals surface area contributed by atoms with Crippen LogP contribution in [0.2, 0.25) is 0 Å². The third kappa shape index (κ3) is 5.82. The maximum atomic E-state index is 12.7. The van der Waals surface area contributed by atoms with Crippen molar-refractivity contribution in [2.75, 3.05) is 19.6 Å². The summed E-state index contributed by atoms with van der Waals surface area (Å²) in [6.45, 7) is 3.15. The summed E-state index contributed by atoms with van der Waals surface area (Å²) in [5.74, 6) is 0.187. The first kappa shape index (κ1) is 22.7. The van der Waals surface area contributed by atoms with Crippen LogP contribution in [-0.4, -0.2) is 50.2 Å². The van der Waals surface area contributed by atoms with Gasteiger partial charge >= 0.3 is 0 Å². The maximum absolute atomic E-state index is 12.7. The third-order valence-electron chi connectivity index (χ3n) is 6.31. The Morgan fingerprint density at radius 3 is 2.37 bits per heavy atom. The highest BCUT2D eigenvalue weighted by Crippen LogP contribution is 2.24. The number of piperidine rings is 1. The molecular formula is C22H33N3O4S. The number of rotatable bonds is 7. The van der Waals surface area contributed by atoms with Crippen LogP contribution < -0.4 is 10.6 Å². The lowest BCUT2D eigenvalue weighted by Crippen LogP contribution is -2.44. The van der Waals surface area contributed by atoms with Crippen molar-refractivity contribution in [1.29, 1.82) is 0 Å². The first-order valence-electron chi connectivity index (χ1n) is 11.0. The molecule has 1 aliphatic heterocycles. The summed E-state index contributed by atoms with van der Waals surface area (Å²) in [4.78, 5) is 24.9. The monoisotopic (exact) mass is 435 g/mol. The first-order chi connectivity index (χ1) is 14.4. The summed E-state index contributed by atoms with van der Waals surface area (Å²) in [6.07, 6.45) is 5.83. The van der Waals surface area contributed by atoms with Crippen molar-refractivity contribution in [1.82, 2.24) is 14.9 Å². The maximum Gasteiger partial charge on any atom is 0.243 e. The summed E-state index contributed by atoms with van der Waals surface area (Å²) in [6, 6.07) is 8.63. The van der Waals surface area contributed by atoms with Crippen LogP contribution in [0.3, 0.4) is 0 Å². The van der Waals surface area contributed by atoms with E-state index in [-0.39, 0.29) is 35.1 Å². The molecule has 0 bridgehead atoms. The molecular weight excluding hydrogens is 402 g/mol. The van der Waals surface area contributed by atoms with Crippen LogP contribution in [0.1, 0.15) is 51.9 Å². The zero-order chi connectivity index (χ0) is 21.6. The van der Waals surface area contributed by atoms with Crippen molar-refractivity contribution in [3.05, 3.63) is 30.3 Å². The van der Waals surface area contributed by atoms with Gasteiger partial charge in [0.2, 0.25) is 21.8 Å². The van der Waals surface area contributed by atoms with Gasteiger partial charge in [-0.15, -0.1) is 0 Å². The van der Waals surface area contributed by atoms with Crippen molar-refractivity contribution in [3.63, 3.8) is 0 Å². The second-order valence-electron chi connectivity index (χ2n) is 8.47. The molecule has 8 heteroatoms. The van der Waals surface area contributed by atoms with Gasteiger partial charge < -0.3 is 10.6 Å². The fraction of sp³-hybridized carbons (Fsp3) is 0.636. The molecule has 0 spiro atoms. The Bertz CT molecular complexity index is 820. The van der Waals surface area contributed by atoms with E-state index in [9.17, 15) is 18.0 Å². The molecule has 0 radical (unpaired) electrons. The molecule has 166 valence electrons. The molecule has 2 N–H and O–H groups in total. The van der Waals surface area contributed by atoms with Gasteiger partial charge in [0.25, 0.3) is 0 Å². The molecule has 30 heavy (non-hydrogen) atoms. The number of benzene rings is 1. The molecule has 1 saturated heterocycles. The molecule has 1 aliphatic carbocycles. The Hall–Kier alpha value is -1.93. The van der Waals surface area contributed by atoms with E-state index in [0.29, 0.717) is 38.4 Å². The number of hydrogen-bond donors (Lipinski definition) is 2. The number of carbonyl (C=O) groups excluding carboxylic acids is 2. The van der Waals surface area contributed by atoms with E-state index in [1.807, 2.05) is 0 Å². The molecule has 3 rings (SSSR count). The number of nitrogens with one attached hydrogen (secondary N) is 2. The Morgan fingerprint density at radius 2 is 1.70 bits per heavy atom. The van der Waals surface area contributed by atoms with E-state index in [1.54, 1.807) is 30.3 Å². The van der Waals surface area contributed by atoms with Gasteiger partial charge in [0.05, 0.1) is 4.90 Å². The van der Waals surface area contributed by atoms with Crippen molar-refractivity contribution in [2.45, 2.75) is 62.8 Å². The van der Waals surface area contributed by atoms with Crippen LogP contribution in [0, 0.1) is 11.8 Å². The predicted octanol–water partition coefficient (Wildman–Crippen LogP) is 2.29. The summed E-state index contributed by atoms with van der Waals surface area (Å²) in [5, 5.41) is 5.95. The molecule has 1 aromatic carbocycles. The van der Waals surface area contributed by atoms with E-state index in [4.69, 9.17) is 0 Å². The van der Waals surface area contributed by atoms with Gasteiger partial charge in [-0.1, -0.05) is 38.0 Å². The summed E-state index contributed by atoms with van der Waals surface area (Å²) >= 11 is 0. The lowest BCUT2D eigenvalue weighted by Gasteiger charge is -2.30. The van der Waals surface area contributed by atoms with Crippen molar-refractivity contribution in [2.24, 2.45) is 11.8 Å². The lowest BCUT2D eigenvalue weighted by atomic mass is 9.86. The fourth-order valence-corrected chi connectivity index (χ4v) is 5.84. The normalized spacial score (nSPS) is 23.6. The van der Waals surface area contributed by atoms with Crippen LogP contribution in [0.5, 0.6) is 0 Å². The summed E-state index contributed by atoms with van der Waals surface area (Å²) in [5.41, 5.74) is 0. The second kappa shape index (κ2) is 10.4. The van der Waals surface area contributed by atoms with Crippen LogP contribution in [0.15, 0.2) is 35.2 Å². The van der Waals surface area contributed by atoms with Gasteiger partial charge in [0, 0.05) is 38.0 Å². The summed E-state index contributed by atoms with van der Waals surface area (Å²) in [7, 11) is -3.51. The Labute approximate surface area is 179 Å². The molecule has 0 aromatic heterocycles. The van der Waals surface area contributed by atoms with Gasteiger partial charge in [0.1, 0.15) is 0 Å². The Morgan fingerprint density at radius 1 is 1.03 bits per heavy atom. The van der Waals surface area contributed by atoms with Gasteiger partial charge in [0.15, 0.2) is 0 Å². The highest BCUT2D eigenvalue weighted by Gasteiger charge is 2.32. The lowest BCUT2D eigenvalue weighted by molar-refractivity contribution is -0.126. The molecule has 1 aromatic rings. The van der Waals surface area contributed by atoms with Crippen LogP contribution in [-0.2, 0) is 19.6 Å². The minimum absolute atomic E-state index is 0.0159. The minimum atomic E-state index is -3.51. The average Bonchev–Trinajstić information content (AvgIpc) is 2.76. The number of carbonyl (C=O) groups is 2. The molecule has 1 saturated carbocycles. The first-order valence-corrected chi connectivity index (χ1v) is 12.4. The van der Waals surface area contributed by atoms with Crippen molar-refractivity contribution >= 4 is 21.8 Å². The number of sulfonamides is 1. The van der Waals surface area contributed by atoms with E-state index in [1.165, 1.54) is 10.7 Å². The van der Waals surface area contributed by atoms with Gasteiger partial charge in [-0.25, -0.2) is 8.42 Å².